The smallest absolute Gasteiger partial charge is 0.147 e. The van der Waals surface area contributed by atoms with E-state index in [4.69, 9.17) is 10.7 Å². The summed E-state index contributed by atoms with van der Waals surface area (Å²) in [6.07, 6.45) is 2.02. The van der Waals surface area contributed by atoms with Gasteiger partial charge < -0.3 is 10.6 Å². The first-order valence-electron chi connectivity index (χ1n) is 7.03. The molecule has 106 valence electrons. The molecule has 1 aromatic rings. The first kappa shape index (κ1) is 14.4. The molecular weight excluding hydrogens is 238 g/mol. The van der Waals surface area contributed by atoms with E-state index < -0.39 is 0 Å². The van der Waals surface area contributed by atoms with Crippen molar-refractivity contribution in [2.45, 2.75) is 25.8 Å². The summed E-state index contributed by atoms with van der Waals surface area (Å²) in [5.41, 5.74) is 7.73. The average Bonchev–Trinajstić information content (AvgIpc) is 2.51. The van der Waals surface area contributed by atoms with Crippen LogP contribution in [0.2, 0.25) is 0 Å². The maximum absolute atomic E-state index is 5.63. The van der Waals surface area contributed by atoms with E-state index >= 15 is 0 Å². The molecule has 5 nitrogen and oxygen atoms in total. The van der Waals surface area contributed by atoms with E-state index in [0.29, 0.717) is 6.54 Å². The molecule has 0 saturated carbocycles. The molecule has 0 bridgehead atoms. The van der Waals surface area contributed by atoms with Gasteiger partial charge in [-0.15, -0.1) is 0 Å². The van der Waals surface area contributed by atoms with Gasteiger partial charge in [0.05, 0.1) is 6.04 Å². The molecule has 1 fully saturated rings. The molecule has 19 heavy (non-hydrogen) atoms. The lowest BCUT2D eigenvalue weighted by atomic mass is 10.2. The van der Waals surface area contributed by atoms with Crippen molar-refractivity contribution in [1.29, 1.82) is 0 Å². The van der Waals surface area contributed by atoms with Gasteiger partial charge in [-0.25, -0.2) is 9.97 Å². The lowest BCUT2D eigenvalue weighted by Crippen LogP contribution is -2.32. The van der Waals surface area contributed by atoms with Crippen molar-refractivity contribution in [2.75, 3.05) is 40.3 Å². The Kier molecular flexibility index (Phi) is 4.85. The Morgan fingerprint density at radius 2 is 2.11 bits per heavy atom. The van der Waals surface area contributed by atoms with Gasteiger partial charge in [-0.05, 0) is 53.1 Å². The molecule has 0 amide bonds. The fourth-order valence-electron chi connectivity index (χ4n) is 2.63. The molecule has 0 spiro atoms. The predicted molar refractivity (Wildman–Crippen MR) is 77.0 cm³/mol. The minimum absolute atomic E-state index is 0.281. The van der Waals surface area contributed by atoms with Crippen molar-refractivity contribution in [3.05, 3.63) is 23.3 Å². The van der Waals surface area contributed by atoms with Crippen LogP contribution in [0.15, 0.2) is 6.07 Å². The molecule has 0 radical (unpaired) electrons. The second kappa shape index (κ2) is 6.41. The third-order valence-electron chi connectivity index (χ3n) is 3.69. The van der Waals surface area contributed by atoms with Crippen LogP contribution in [0, 0.1) is 6.92 Å². The molecule has 0 aromatic carbocycles. The Bertz CT molecular complexity index is 420. The van der Waals surface area contributed by atoms with Crippen molar-refractivity contribution < 1.29 is 0 Å². The Balaban J connectivity index is 2.27. The second-order valence-electron chi connectivity index (χ2n) is 5.51. The van der Waals surface area contributed by atoms with Crippen LogP contribution in [0.4, 0.5) is 0 Å². The monoisotopic (exact) mass is 263 g/mol. The summed E-state index contributed by atoms with van der Waals surface area (Å²) in [7, 11) is 4.33. The van der Waals surface area contributed by atoms with E-state index in [1.165, 1.54) is 6.42 Å². The Hall–Kier alpha value is -1.04. The molecule has 5 heteroatoms. The molecule has 2 N–H and O–H groups in total. The molecular formula is C14H25N5. The Morgan fingerprint density at radius 3 is 2.84 bits per heavy atom. The first-order valence-corrected chi connectivity index (χ1v) is 7.03. The maximum Gasteiger partial charge on any atom is 0.147 e. The second-order valence-corrected chi connectivity index (χ2v) is 5.51. The van der Waals surface area contributed by atoms with Gasteiger partial charge in [-0.3, -0.25) is 4.90 Å². The van der Waals surface area contributed by atoms with Crippen LogP contribution < -0.4 is 5.73 Å². The summed E-state index contributed by atoms with van der Waals surface area (Å²) in [6.45, 7) is 5.89. The number of likely N-dealkylation sites (N-methyl/N-ethyl adjacent to an activating group) is 2. The average molecular weight is 263 g/mol. The largest absolute Gasteiger partial charge is 0.330 e. The summed E-state index contributed by atoms with van der Waals surface area (Å²) in [5, 5.41) is 0. The van der Waals surface area contributed by atoms with Gasteiger partial charge in [0, 0.05) is 24.4 Å². The summed E-state index contributed by atoms with van der Waals surface area (Å²) < 4.78 is 0. The zero-order valence-corrected chi connectivity index (χ0v) is 12.3. The number of aryl methyl sites for hydroxylation is 1. The van der Waals surface area contributed by atoms with Gasteiger partial charge in [-0.1, -0.05) is 0 Å². The van der Waals surface area contributed by atoms with Crippen LogP contribution in [0.1, 0.15) is 29.7 Å². The van der Waals surface area contributed by atoms with E-state index in [2.05, 4.69) is 28.9 Å². The summed E-state index contributed by atoms with van der Waals surface area (Å²) in [6, 6.07) is 2.32. The van der Waals surface area contributed by atoms with E-state index in [-0.39, 0.29) is 6.04 Å². The maximum atomic E-state index is 5.63. The van der Waals surface area contributed by atoms with Gasteiger partial charge in [-0.2, -0.15) is 0 Å². The Labute approximate surface area is 115 Å². The summed E-state index contributed by atoms with van der Waals surface area (Å²) in [5.74, 6) is 0.944. The van der Waals surface area contributed by atoms with Crippen molar-refractivity contribution in [3.63, 3.8) is 0 Å². The summed E-state index contributed by atoms with van der Waals surface area (Å²) in [4.78, 5) is 14.1. The van der Waals surface area contributed by atoms with Crippen molar-refractivity contribution in [3.8, 4) is 0 Å². The number of aromatic nitrogens is 2. The van der Waals surface area contributed by atoms with Gasteiger partial charge in [0.2, 0.25) is 0 Å². The van der Waals surface area contributed by atoms with Crippen molar-refractivity contribution >= 4 is 0 Å². The fourth-order valence-corrected chi connectivity index (χ4v) is 2.63. The normalized spacial score (nSPS) is 22.4. The number of hydrogen-bond acceptors (Lipinski definition) is 5. The van der Waals surface area contributed by atoms with Crippen LogP contribution in [-0.4, -0.2) is 60.0 Å². The van der Waals surface area contributed by atoms with Crippen molar-refractivity contribution in [1.82, 2.24) is 19.8 Å². The van der Waals surface area contributed by atoms with Crippen LogP contribution in [-0.2, 0) is 6.42 Å². The summed E-state index contributed by atoms with van der Waals surface area (Å²) >= 11 is 0. The molecule has 1 unspecified atom stereocenters. The lowest BCUT2D eigenvalue weighted by Gasteiger charge is -2.26. The molecule has 2 heterocycles. The van der Waals surface area contributed by atoms with Gasteiger partial charge >= 0.3 is 0 Å². The zero-order chi connectivity index (χ0) is 13.8. The molecule has 1 aliphatic rings. The molecule has 0 aliphatic carbocycles. The van der Waals surface area contributed by atoms with E-state index in [9.17, 15) is 0 Å². The SMILES string of the molecule is Cc1cc(CCN)nc(C2CN(C)CCCN2C)n1. The highest BCUT2D eigenvalue weighted by Gasteiger charge is 2.24. The highest BCUT2D eigenvalue weighted by atomic mass is 15.2. The van der Waals surface area contributed by atoms with Crippen LogP contribution in [0.25, 0.3) is 0 Å². The highest BCUT2D eigenvalue weighted by Crippen LogP contribution is 2.20. The van der Waals surface area contributed by atoms with E-state index in [0.717, 1.165) is 43.3 Å². The van der Waals surface area contributed by atoms with Gasteiger partial charge in [0.25, 0.3) is 0 Å². The molecule has 1 saturated heterocycles. The number of nitrogens with two attached hydrogens (primary N) is 1. The quantitative estimate of drug-likeness (QED) is 0.865. The minimum Gasteiger partial charge on any atom is -0.330 e. The van der Waals surface area contributed by atoms with Gasteiger partial charge in [0.1, 0.15) is 5.82 Å². The molecule has 2 rings (SSSR count). The highest BCUT2D eigenvalue weighted by molar-refractivity contribution is 5.13. The number of rotatable bonds is 3. The lowest BCUT2D eigenvalue weighted by molar-refractivity contribution is 0.219. The predicted octanol–water partition coefficient (Wildman–Crippen LogP) is 0.595. The number of nitrogens with zero attached hydrogens (tertiary/aromatic N) is 4. The minimum atomic E-state index is 0.281. The van der Waals surface area contributed by atoms with Crippen LogP contribution in [0.5, 0.6) is 0 Å². The topological polar surface area (TPSA) is 58.3 Å². The zero-order valence-electron chi connectivity index (χ0n) is 12.3. The van der Waals surface area contributed by atoms with E-state index in [1.54, 1.807) is 0 Å². The van der Waals surface area contributed by atoms with E-state index in [1.807, 2.05) is 13.0 Å². The third-order valence-corrected chi connectivity index (χ3v) is 3.69. The molecule has 1 atom stereocenters. The number of hydrogen-bond donors (Lipinski definition) is 1. The van der Waals surface area contributed by atoms with Gasteiger partial charge in [0.15, 0.2) is 0 Å². The van der Waals surface area contributed by atoms with Crippen LogP contribution >= 0.6 is 0 Å². The molecule has 1 aromatic heterocycles. The fraction of sp³-hybridized carbons (Fsp3) is 0.714. The van der Waals surface area contributed by atoms with Crippen molar-refractivity contribution in [2.24, 2.45) is 5.73 Å². The molecule has 1 aliphatic heterocycles. The van der Waals surface area contributed by atoms with Crippen LogP contribution in [0.3, 0.4) is 0 Å². The Morgan fingerprint density at radius 1 is 1.32 bits per heavy atom. The standard InChI is InChI=1S/C14H25N5/c1-11-9-12(5-6-15)17-14(16-11)13-10-18(2)7-4-8-19(13)3/h9,13H,4-8,10,15H2,1-3H3. The first-order chi connectivity index (χ1) is 9.10. The third kappa shape index (κ3) is 3.72.